The smallest absolute Gasteiger partial charge is 0.403 e. The van der Waals surface area contributed by atoms with E-state index >= 15 is 0 Å². The number of alkyl halides is 3. The quantitative estimate of drug-likeness (QED) is 0.784. The highest BCUT2D eigenvalue weighted by Gasteiger charge is 2.33. The lowest BCUT2D eigenvalue weighted by atomic mass is 10.0. The van der Waals surface area contributed by atoms with Crippen molar-refractivity contribution in [1.29, 1.82) is 0 Å². The molecule has 0 aliphatic carbocycles. The Balaban J connectivity index is 0.00000225. The summed E-state index contributed by atoms with van der Waals surface area (Å²) < 4.78 is 54.7. The number of halogens is 5. The van der Waals surface area contributed by atoms with E-state index in [4.69, 9.17) is 0 Å². The maximum absolute atomic E-state index is 14.1. The first kappa shape index (κ1) is 20.0. The van der Waals surface area contributed by atoms with Crippen LogP contribution in [0.15, 0.2) is 35.7 Å². The summed E-state index contributed by atoms with van der Waals surface area (Å²) in [5.41, 5.74) is 0.617. The lowest BCUT2D eigenvalue weighted by Gasteiger charge is -2.34. The van der Waals surface area contributed by atoms with Crippen LogP contribution in [0.1, 0.15) is 16.5 Å². The molecule has 1 N–H and O–H groups in total. The average molecular weight is 397 g/mol. The molecule has 25 heavy (non-hydrogen) atoms. The van der Waals surface area contributed by atoms with Crippen molar-refractivity contribution in [2.24, 2.45) is 0 Å². The molecule has 2 aromatic rings. The Morgan fingerprint density at radius 1 is 1.16 bits per heavy atom. The second-order valence-electron chi connectivity index (χ2n) is 5.44. The molecule has 1 fully saturated rings. The molecule has 0 amide bonds. The summed E-state index contributed by atoms with van der Waals surface area (Å²) in [5.74, 6) is -1.82. The van der Waals surface area contributed by atoms with Gasteiger partial charge >= 0.3 is 6.36 Å². The second-order valence-corrected chi connectivity index (χ2v) is 6.42. The minimum atomic E-state index is -4.91. The van der Waals surface area contributed by atoms with Gasteiger partial charge in [-0.15, -0.1) is 36.9 Å². The first-order valence-electron chi connectivity index (χ1n) is 7.47. The van der Waals surface area contributed by atoms with Crippen molar-refractivity contribution in [2.75, 3.05) is 26.2 Å². The van der Waals surface area contributed by atoms with Gasteiger partial charge in [-0.25, -0.2) is 4.39 Å². The van der Waals surface area contributed by atoms with Crippen LogP contribution >= 0.6 is 23.7 Å². The van der Waals surface area contributed by atoms with E-state index in [1.165, 1.54) is 6.07 Å². The molecule has 1 atom stereocenters. The van der Waals surface area contributed by atoms with Crippen molar-refractivity contribution < 1.29 is 22.3 Å². The summed E-state index contributed by atoms with van der Waals surface area (Å²) in [5, 5.41) is 5.19. The van der Waals surface area contributed by atoms with Gasteiger partial charge in [0, 0.05) is 31.1 Å². The fourth-order valence-corrected chi connectivity index (χ4v) is 3.72. The molecule has 9 heteroatoms. The van der Waals surface area contributed by atoms with E-state index in [0.717, 1.165) is 43.2 Å². The lowest BCUT2D eigenvalue weighted by Crippen LogP contribution is -2.45. The minimum Gasteiger partial charge on any atom is -0.403 e. The fourth-order valence-electron chi connectivity index (χ4n) is 2.84. The lowest BCUT2D eigenvalue weighted by molar-refractivity contribution is -0.275. The van der Waals surface area contributed by atoms with Gasteiger partial charge in [-0.05, 0) is 29.1 Å². The molecule has 1 aromatic carbocycles. The van der Waals surface area contributed by atoms with Crippen LogP contribution in [-0.2, 0) is 0 Å². The zero-order chi connectivity index (χ0) is 17.2. The van der Waals surface area contributed by atoms with E-state index in [1.807, 2.05) is 17.5 Å². The molecule has 0 unspecified atom stereocenters. The maximum Gasteiger partial charge on any atom is 0.573 e. The topological polar surface area (TPSA) is 24.5 Å². The van der Waals surface area contributed by atoms with Crippen molar-refractivity contribution in [2.45, 2.75) is 12.4 Å². The standard InChI is InChI=1S/C16H16F4N2OS.ClH/c17-12-10-11(3-4-13(12)23-16(18,19)20)15(14-2-1-9-24-14)22-7-5-21-6-8-22;/h1-4,9-10,15,21H,5-8H2;1H/t15-;/m1./s1. The van der Waals surface area contributed by atoms with Gasteiger partial charge in [0.1, 0.15) is 0 Å². The molecular formula is C16H17ClF4N2OS. The van der Waals surface area contributed by atoms with Crippen LogP contribution < -0.4 is 10.1 Å². The predicted molar refractivity (Wildman–Crippen MR) is 90.9 cm³/mol. The van der Waals surface area contributed by atoms with Gasteiger partial charge in [0.15, 0.2) is 11.6 Å². The third kappa shape index (κ3) is 5.07. The van der Waals surface area contributed by atoms with Crippen LogP contribution in [0.5, 0.6) is 5.75 Å². The molecule has 3 rings (SSSR count). The molecular weight excluding hydrogens is 380 g/mol. The molecule has 1 aromatic heterocycles. The number of benzene rings is 1. The Bertz CT molecular complexity index is 675. The highest BCUT2D eigenvalue weighted by Crippen LogP contribution is 2.35. The van der Waals surface area contributed by atoms with Crippen LogP contribution in [0.2, 0.25) is 0 Å². The molecule has 0 saturated carbocycles. The first-order chi connectivity index (χ1) is 11.4. The molecule has 3 nitrogen and oxygen atoms in total. The van der Waals surface area contributed by atoms with E-state index in [-0.39, 0.29) is 18.4 Å². The molecule has 0 bridgehead atoms. The van der Waals surface area contributed by atoms with Gasteiger partial charge in [0.2, 0.25) is 0 Å². The van der Waals surface area contributed by atoms with Gasteiger partial charge in [-0.3, -0.25) is 4.90 Å². The van der Waals surface area contributed by atoms with Crippen molar-refractivity contribution in [3.8, 4) is 5.75 Å². The van der Waals surface area contributed by atoms with Gasteiger partial charge in [-0.2, -0.15) is 0 Å². The van der Waals surface area contributed by atoms with E-state index in [0.29, 0.717) is 5.56 Å². The fraction of sp³-hybridized carbons (Fsp3) is 0.375. The number of hydrogen-bond donors (Lipinski definition) is 1. The third-order valence-corrected chi connectivity index (χ3v) is 4.75. The van der Waals surface area contributed by atoms with Crippen molar-refractivity contribution in [3.05, 3.63) is 52.0 Å². The van der Waals surface area contributed by atoms with E-state index in [1.54, 1.807) is 11.3 Å². The van der Waals surface area contributed by atoms with Crippen LogP contribution in [-0.4, -0.2) is 37.4 Å². The molecule has 0 radical (unpaired) electrons. The summed E-state index contributed by atoms with van der Waals surface area (Å²) in [6.45, 7) is 3.20. The monoisotopic (exact) mass is 396 g/mol. The maximum atomic E-state index is 14.1. The number of piperazine rings is 1. The number of ether oxygens (including phenoxy) is 1. The Morgan fingerprint density at radius 3 is 2.44 bits per heavy atom. The van der Waals surface area contributed by atoms with Crippen molar-refractivity contribution in [3.63, 3.8) is 0 Å². The average Bonchev–Trinajstić information content (AvgIpc) is 3.04. The number of nitrogens with zero attached hydrogens (tertiary/aromatic N) is 1. The van der Waals surface area contributed by atoms with Gasteiger partial charge in [0.25, 0.3) is 0 Å². The third-order valence-electron chi connectivity index (χ3n) is 3.83. The Kier molecular flexibility index (Phi) is 6.67. The normalized spacial score (nSPS) is 17.0. The van der Waals surface area contributed by atoms with E-state index < -0.39 is 17.9 Å². The first-order valence-corrected chi connectivity index (χ1v) is 8.35. The van der Waals surface area contributed by atoms with Gasteiger partial charge in [-0.1, -0.05) is 12.1 Å². The SMILES string of the molecule is Cl.Fc1cc([C@H](c2cccs2)N2CCNCC2)ccc1OC(F)(F)F. The van der Waals surface area contributed by atoms with Crippen LogP contribution in [0.25, 0.3) is 0 Å². The Hall–Kier alpha value is -1.35. The molecule has 2 heterocycles. The summed E-state index contributed by atoms with van der Waals surface area (Å²) >= 11 is 1.54. The van der Waals surface area contributed by atoms with Crippen molar-refractivity contribution >= 4 is 23.7 Å². The summed E-state index contributed by atoms with van der Waals surface area (Å²) in [6, 6.07) is 7.36. The van der Waals surface area contributed by atoms with Gasteiger partial charge in [0.05, 0.1) is 6.04 Å². The Morgan fingerprint density at radius 2 is 1.88 bits per heavy atom. The summed E-state index contributed by atoms with van der Waals surface area (Å²) in [6.07, 6.45) is -4.91. The van der Waals surface area contributed by atoms with Crippen LogP contribution in [0.3, 0.4) is 0 Å². The molecule has 1 aliphatic rings. The number of nitrogens with one attached hydrogen (secondary N) is 1. The highest BCUT2D eigenvalue weighted by atomic mass is 35.5. The van der Waals surface area contributed by atoms with E-state index in [2.05, 4.69) is 15.0 Å². The van der Waals surface area contributed by atoms with Crippen molar-refractivity contribution in [1.82, 2.24) is 10.2 Å². The minimum absolute atomic E-state index is 0. The molecule has 1 aliphatic heterocycles. The summed E-state index contributed by atoms with van der Waals surface area (Å²) in [4.78, 5) is 3.22. The zero-order valence-corrected chi connectivity index (χ0v) is 14.7. The van der Waals surface area contributed by atoms with E-state index in [9.17, 15) is 17.6 Å². The largest absolute Gasteiger partial charge is 0.573 e. The molecule has 0 spiro atoms. The molecule has 1 saturated heterocycles. The highest BCUT2D eigenvalue weighted by molar-refractivity contribution is 7.10. The summed E-state index contributed by atoms with van der Waals surface area (Å²) in [7, 11) is 0. The molecule has 138 valence electrons. The predicted octanol–water partition coefficient (Wildman–Crippen LogP) is 4.20. The Labute approximate surface area is 153 Å². The van der Waals surface area contributed by atoms with Crippen LogP contribution in [0.4, 0.5) is 17.6 Å². The number of hydrogen-bond acceptors (Lipinski definition) is 4. The second kappa shape index (κ2) is 8.35. The zero-order valence-electron chi connectivity index (χ0n) is 13.1. The van der Waals surface area contributed by atoms with Gasteiger partial charge < -0.3 is 10.1 Å². The van der Waals surface area contributed by atoms with Crippen LogP contribution in [0, 0.1) is 5.82 Å². The number of thiophene rings is 1. The number of rotatable bonds is 4.